The maximum atomic E-state index is 12.4. The second-order valence-corrected chi connectivity index (χ2v) is 13.8. The number of ether oxygens (including phenoxy) is 1. The van der Waals surface area contributed by atoms with E-state index in [1.165, 1.54) is 6.21 Å². The fraction of sp³-hybridized carbons (Fsp3) is 0.450. The smallest absolute Gasteiger partial charge is 0.387 e. The van der Waals surface area contributed by atoms with E-state index in [1.54, 1.807) is 0 Å². The molecule has 47 heavy (non-hydrogen) atoms. The van der Waals surface area contributed by atoms with Gasteiger partial charge in [0.1, 0.15) is 30.5 Å². The van der Waals surface area contributed by atoms with Crippen molar-refractivity contribution in [1.29, 1.82) is 0 Å². The van der Waals surface area contributed by atoms with E-state index < -0.39 is 83.3 Å². The number of aromatic nitrogens is 4. The van der Waals surface area contributed by atoms with Crippen molar-refractivity contribution < 1.29 is 57.1 Å². The number of carbonyl (C=O) groups is 1. The predicted molar refractivity (Wildman–Crippen MR) is 165 cm³/mol. The number of nitrogen functional groups attached to an aromatic ring is 1. The van der Waals surface area contributed by atoms with Gasteiger partial charge in [0.15, 0.2) is 35.2 Å². The van der Waals surface area contributed by atoms with Crippen LogP contribution in [0.2, 0.25) is 0 Å². The molecule has 256 valence electrons. The number of imidazole rings is 1. The van der Waals surface area contributed by atoms with Gasteiger partial charge in [-0.15, -0.1) is 25.3 Å². The molecule has 1 amide bonds. The maximum Gasteiger partial charge on any atom is 0.481 e. The van der Waals surface area contributed by atoms with Crippen LogP contribution in [0.15, 0.2) is 35.9 Å². The number of aromatic amines is 1. The first-order valence-electron chi connectivity index (χ1n) is 12.9. The normalized spacial score (nSPS) is 29.7. The lowest BCUT2D eigenvalue weighted by Gasteiger charge is -2.23. The molecule has 27 heteroatoms. The molecule has 1 saturated heterocycles. The van der Waals surface area contributed by atoms with Crippen LogP contribution in [-0.4, -0.2) is 118 Å². The lowest BCUT2D eigenvalue weighted by molar-refractivity contribution is -0.115. The molecule has 2 aromatic heterocycles. The van der Waals surface area contributed by atoms with Gasteiger partial charge >= 0.3 is 15.6 Å². The molecule has 0 spiro atoms. The largest absolute Gasteiger partial charge is 0.481 e. The van der Waals surface area contributed by atoms with Crippen molar-refractivity contribution in [3.8, 4) is 0 Å². The van der Waals surface area contributed by atoms with Crippen LogP contribution in [0, 0.1) is 0 Å². The van der Waals surface area contributed by atoms with Crippen molar-refractivity contribution in [3.05, 3.63) is 26.5 Å². The number of aliphatic hydroxyl groups is 3. The van der Waals surface area contributed by atoms with E-state index in [0.29, 0.717) is 0 Å². The van der Waals surface area contributed by atoms with Gasteiger partial charge in [-0.2, -0.15) is 9.29 Å². The Labute approximate surface area is 272 Å². The van der Waals surface area contributed by atoms with Crippen LogP contribution in [0.1, 0.15) is 6.23 Å². The zero-order valence-corrected chi connectivity index (χ0v) is 26.8. The number of aliphatic hydroxyl groups excluding tert-OH is 3. The summed E-state index contributed by atoms with van der Waals surface area (Å²) in [6.07, 6.45) is -6.78. The molecule has 0 bridgehead atoms. The Hall–Kier alpha value is -2.87. The minimum atomic E-state index is -5.42. The van der Waals surface area contributed by atoms with Crippen LogP contribution in [-0.2, 0) is 32.0 Å². The van der Waals surface area contributed by atoms with E-state index in [-0.39, 0.29) is 38.5 Å². The summed E-state index contributed by atoms with van der Waals surface area (Å²) in [5, 5.41) is 33.7. The van der Waals surface area contributed by atoms with E-state index in [4.69, 9.17) is 16.2 Å². The third kappa shape index (κ3) is 7.73. The molecule has 11 N–H and O–H groups in total. The summed E-state index contributed by atoms with van der Waals surface area (Å²) in [5.74, 6) is -0.939. The molecular formula is C20H26N10O13P2S2. The number of thiol groups is 2. The number of rotatable bonds is 11. The highest BCUT2D eigenvalue weighted by atomic mass is 32.1. The number of amidine groups is 1. The van der Waals surface area contributed by atoms with Crippen LogP contribution in [0.5, 0.6) is 0 Å². The van der Waals surface area contributed by atoms with Gasteiger partial charge in [0.2, 0.25) is 5.95 Å². The average Bonchev–Trinajstić information content (AvgIpc) is 3.53. The standard InChI is InChI=1S/C20H26N10O13P2S2/c21-19-26-14-8(16(34)28-19)25-5(1-23-14)12(46)13(47)6(31)2-40-44(36,37)43-45(38,39)41-3-7-10(32)11(33)18(42-7)30-4-24-9-15(30)27-20(22)29-17(9)35/h1,4-7,10-11,18-19,31-33,46-47H,2-3,21H2,(H,28,34)(H,36,37)(H,38,39)(H3,22,27,29,35)/b13-12-/t5-,6-,7-,10-,11-,18-,19?/m1/s1. The zero-order valence-electron chi connectivity index (χ0n) is 23.2. The molecule has 3 unspecified atom stereocenters. The fourth-order valence-electron chi connectivity index (χ4n) is 4.32. The van der Waals surface area contributed by atoms with Crippen molar-refractivity contribution in [2.45, 2.75) is 43.0 Å². The number of aliphatic imine (C=N–C) groups is 3. The van der Waals surface area contributed by atoms with Crippen LogP contribution in [0.3, 0.4) is 0 Å². The van der Waals surface area contributed by atoms with E-state index in [2.05, 4.69) is 73.9 Å². The van der Waals surface area contributed by atoms with Gasteiger partial charge in [-0.3, -0.25) is 38.9 Å². The first kappa shape index (κ1) is 35.4. The van der Waals surface area contributed by atoms with E-state index in [9.17, 15) is 43.8 Å². The minimum Gasteiger partial charge on any atom is -0.387 e. The van der Waals surface area contributed by atoms with E-state index in [1.807, 2.05) is 0 Å². The third-order valence-corrected chi connectivity index (χ3v) is 10.3. The molecule has 0 aliphatic carbocycles. The first-order valence-corrected chi connectivity index (χ1v) is 16.8. The second kappa shape index (κ2) is 13.6. The van der Waals surface area contributed by atoms with Crippen molar-refractivity contribution in [1.82, 2.24) is 24.8 Å². The van der Waals surface area contributed by atoms with Crippen molar-refractivity contribution in [3.63, 3.8) is 0 Å². The quantitative estimate of drug-likeness (QED) is 0.0792. The van der Waals surface area contributed by atoms with Gasteiger partial charge in [0.25, 0.3) is 11.5 Å². The Balaban J connectivity index is 1.17. The summed E-state index contributed by atoms with van der Waals surface area (Å²) in [7, 11) is -10.8. The van der Waals surface area contributed by atoms with Gasteiger partial charge in [-0.1, -0.05) is 0 Å². The topological polar surface area (TPSA) is 354 Å². The monoisotopic (exact) mass is 740 g/mol. The van der Waals surface area contributed by atoms with Gasteiger partial charge in [0.05, 0.1) is 19.5 Å². The summed E-state index contributed by atoms with van der Waals surface area (Å²) >= 11 is 8.35. The number of nitrogens with two attached hydrogens (primary N) is 2. The summed E-state index contributed by atoms with van der Waals surface area (Å²) in [6, 6.07) is -1.02. The van der Waals surface area contributed by atoms with Crippen LogP contribution in [0.25, 0.3) is 11.2 Å². The molecule has 2 aromatic rings. The molecular weight excluding hydrogens is 714 g/mol. The Morgan fingerprint density at radius 2 is 1.85 bits per heavy atom. The maximum absolute atomic E-state index is 12.4. The lowest BCUT2D eigenvalue weighted by atomic mass is 10.1. The molecule has 0 aromatic carbocycles. The predicted octanol–water partition coefficient (Wildman–Crippen LogP) is -3.33. The van der Waals surface area contributed by atoms with E-state index >= 15 is 0 Å². The van der Waals surface area contributed by atoms with Gasteiger partial charge in [0, 0.05) is 16.0 Å². The number of nitrogens with zero attached hydrogens (tertiary/aromatic N) is 6. The summed E-state index contributed by atoms with van der Waals surface area (Å²) in [4.78, 5) is 66.0. The summed E-state index contributed by atoms with van der Waals surface area (Å²) < 4.78 is 44.9. The lowest BCUT2D eigenvalue weighted by Crippen LogP contribution is -2.51. The highest BCUT2D eigenvalue weighted by molar-refractivity contribution is 7.88. The molecule has 5 rings (SSSR count). The number of carbonyl (C=O) groups excluding carboxylic acids is 1. The SMILES string of the molecule is Nc1nc2c(ncn2[C@@H]2O[C@H](COP(=O)(O)OP(=O)(O)OC[C@@H](O)/C(S)=C(/S)[C@H]3C=NC4=NC(N)NC(=O)C4=N3)[C@@H](O)[C@H]2O)c(=O)[nH]1. The number of H-pyrrole nitrogens is 1. The van der Waals surface area contributed by atoms with Gasteiger partial charge < -0.3 is 40.9 Å². The highest BCUT2D eigenvalue weighted by Crippen LogP contribution is 2.60. The Kier molecular flexibility index (Phi) is 10.2. The molecule has 9 atom stereocenters. The average molecular weight is 741 g/mol. The van der Waals surface area contributed by atoms with Crippen LogP contribution in [0.4, 0.5) is 5.95 Å². The summed E-state index contributed by atoms with van der Waals surface area (Å²) in [5.41, 5.74) is 10.0. The molecule has 0 saturated carbocycles. The zero-order chi connectivity index (χ0) is 34.4. The number of hydrogen-bond donors (Lipinski definition) is 11. The van der Waals surface area contributed by atoms with Gasteiger partial charge in [-0.05, 0) is 0 Å². The number of phosphoric acid groups is 2. The van der Waals surface area contributed by atoms with Crippen LogP contribution < -0.4 is 22.3 Å². The van der Waals surface area contributed by atoms with Crippen LogP contribution >= 0.6 is 40.9 Å². The molecule has 3 aliphatic rings. The summed E-state index contributed by atoms with van der Waals surface area (Å²) in [6.45, 7) is -1.97. The Morgan fingerprint density at radius 1 is 1.15 bits per heavy atom. The number of anilines is 1. The highest BCUT2D eigenvalue weighted by Gasteiger charge is 2.46. The van der Waals surface area contributed by atoms with Crippen molar-refractivity contribution in [2.75, 3.05) is 18.9 Å². The minimum absolute atomic E-state index is 0.0187. The number of amides is 1. The first-order chi connectivity index (χ1) is 22.0. The number of phosphoric ester groups is 2. The number of nitrogens with one attached hydrogen (secondary N) is 2. The third-order valence-electron chi connectivity index (χ3n) is 6.50. The number of fused-ring (bicyclic) bond motifs is 2. The molecule has 3 aliphatic heterocycles. The molecule has 23 nitrogen and oxygen atoms in total. The van der Waals surface area contributed by atoms with E-state index in [0.717, 1.165) is 10.9 Å². The van der Waals surface area contributed by atoms with Crippen molar-refractivity contribution in [2.24, 2.45) is 20.7 Å². The fourth-order valence-corrected chi connectivity index (χ4v) is 6.89. The Bertz CT molecular complexity index is 1870. The molecule has 5 heterocycles. The molecule has 0 radical (unpaired) electrons. The second-order valence-electron chi connectivity index (χ2n) is 9.79. The Morgan fingerprint density at radius 3 is 2.57 bits per heavy atom. The molecule has 1 fully saturated rings. The van der Waals surface area contributed by atoms with Gasteiger partial charge in [-0.25, -0.2) is 24.1 Å². The van der Waals surface area contributed by atoms with Crippen molar-refractivity contribution >= 4 is 81.7 Å². The number of hydrogen-bond acceptors (Lipinski definition) is 20.